The number of hydrogen-bond donors (Lipinski definition) is 2. The van der Waals surface area contributed by atoms with Gasteiger partial charge >= 0.3 is 0 Å². The summed E-state index contributed by atoms with van der Waals surface area (Å²) in [4.78, 5) is 0. The number of rotatable bonds is 2. The van der Waals surface area contributed by atoms with Crippen LogP contribution >= 0.6 is 23.2 Å². The lowest BCUT2D eigenvalue weighted by Gasteiger charge is -2.23. The van der Waals surface area contributed by atoms with E-state index in [-0.39, 0.29) is 18.6 Å². The lowest BCUT2D eigenvalue weighted by molar-refractivity contribution is 0.0108. The van der Waals surface area contributed by atoms with Crippen LogP contribution in [0.3, 0.4) is 0 Å². The van der Waals surface area contributed by atoms with E-state index in [0.29, 0.717) is 16.7 Å². The van der Waals surface area contributed by atoms with E-state index in [1.165, 1.54) is 0 Å². The smallest absolute Gasteiger partial charge is 0.0886 e. The molecule has 94 valence electrons. The molecular formula is C12H15Cl2NO2. The molecule has 2 unspecified atom stereocenters. The lowest BCUT2D eigenvalue weighted by Crippen LogP contribution is -2.29. The molecule has 2 N–H and O–H groups in total. The molecule has 1 heterocycles. The monoisotopic (exact) mass is 275 g/mol. The second kappa shape index (κ2) is 6.03. The quantitative estimate of drug-likeness (QED) is 0.868. The molecule has 0 aromatic heterocycles. The number of aliphatic hydroxyl groups is 1. The van der Waals surface area contributed by atoms with Crippen molar-refractivity contribution < 1.29 is 9.84 Å². The summed E-state index contributed by atoms with van der Waals surface area (Å²) in [6.07, 6.45) is -0.192. The van der Waals surface area contributed by atoms with Gasteiger partial charge in [0.05, 0.1) is 29.4 Å². The fourth-order valence-corrected chi connectivity index (χ4v) is 2.35. The van der Waals surface area contributed by atoms with E-state index in [0.717, 1.165) is 18.7 Å². The van der Waals surface area contributed by atoms with Crippen LogP contribution in [0.15, 0.2) is 18.2 Å². The summed E-state index contributed by atoms with van der Waals surface area (Å²) in [5, 5.41) is 13.7. The third kappa shape index (κ3) is 3.12. The Hall–Kier alpha value is -0.320. The highest BCUT2D eigenvalue weighted by Crippen LogP contribution is 2.29. The fourth-order valence-electron chi connectivity index (χ4n) is 2.04. The average Bonchev–Trinajstić information content (AvgIpc) is 2.57. The highest BCUT2D eigenvalue weighted by Gasteiger charge is 2.25. The summed E-state index contributed by atoms with van der Waals surface area (Å²) in [6, 6.07) is 5.55. The van der Waals surface area contributed by atoms with Gasteiger partial charge in [-0.15, -0.1) is 0 Å². The van der Waals surface area contributed by atoms with E-state index in [4.69, 9.17) is 27.9 Å². The second-order valence-corrected chi connectivity index (χ2v) is 4.89. The van der Waals surface area contributed by atoms with Crippen molar-refractivity contribution in [1.29, 1.82) is 0 Å². The predicted molar refractivity (Wildman–Crippen MR) is 68.9 cm³/mol. The van der Waals surface area contributed by atoms with E-state index in [9.17, 15) is 5.11 Å². The lowest BCUT2D eigenvalue weighted by atomic mass is 9.93. The highest BCUT2D eigenvalue weighted by atomic mass is 35.5. The van der Waals surface area contributed by atoms with Crippen LogP contribution < -0.4 is 5.32 Å². The Kier molecular flexibility index (Phi) is 4.65. The Bertz CT molecular complexity index is 387. The molecule has 0 spiro atoms. The normalized spacial score (nSPS) is 25.6. The second-order valence-electron chi connectivity index (χ2n) is 4.08. The van der Waals surface area contributed by atoms with Crippen molar-refractivity contribution in [1.82, 2.24) is 5.32 Å². The third-order valence-electron chi connectivity index (χ3n) is 2.98. The Morgan fingerprint density at radius 1 is 1.35 bits per heavy atom. The molecule has 17 heavy (non-hydrogen) atoms. The minimum Gasteiger partial charge on any atom is -0.394 e. The van der Waals surface area contributed by atoms with Crippen LogP contribution in [0, 0.1) is 0 Å². The van der Waals surface area contributed by atoms with Crippen molar-refractivity contribution in [3.8, 4) is 0 Å². The SMILES string of the molecule is OCC1OCCNCC1c1ccc(Cl)c(Cl)c1. The van der Waals surface area contributed by atoms with Crippen LogP contribution in [-0.4, -0.2) is 37.5 Å². The first-order chi connectivity index (χ1) is 8.22. The van der Waals surface area contributed by atoms with Crippen LogP contribution in [0.2, 0.25) is 10.0 Å². The number of aliphatic hydroxyl groups excluding tert-OH is 1. The highest BCUT2D eigenvalue weighted by molar-refractivity contribution is 6.42. The van der Waals surface area contributed by atoms with Gasteiger partial charge in [-0.2, -0.15) is 0 Å². The molecule has 1 aliphatic rings. The molecule has 0 radical (unpaired) electrons. The first-order valence-electron chi connectivity index (χ1n) is 5.60. The van der Waals surface area contributed by atoms with E-state index in [2.05, 4.69) is 5.32 Å². The summed E-state index contributed by atoms with van der Waals surface area (Å²) in [7, 11) is 0. The first kappa shape index (κ1) is 13.1. The summed E-state index contributed by atoms with van der Waals surface area (Å²) in [5.74, 6) is 0.0947. The van der Waals surface area contributed by atoms with Crippen LogP contribution in [0.1, 0.15) is 11.5 Å². The van der Waals surface area contributed by atoms with E-state index < -0.39 is 0 Å². The van der Waals surface area contributed by atoms with Crippen LogP contribution in [0.25, 0.3) is 0 Å². The van der Waals surface area contributed by atoms with Crippen molar-refractivity contribution in [3.63, 3.8) is 0 Å². The third-order valence-corrected chi connectivity index (χ3v) is 3.71. The average molecular weight is 276 g/mol. The molecule has 1 aromatic rings. The van der Waals surface area contributed by atoms with Crippen molar-refractivity contribution in [2.75, 3.05) is 26.3 Å². The molecule has 0 amide bonds. The summed E-state index contributed by atoms with van der Waals surface area (Å²) >= 11 is 11.9. The van der Waals surface area contributed by atoms with Crippen molar-refractivity contribution in [2.24, 2.45) is 0 Å². The molecule has 1 aromatic carbocycles. The standard InChI is InChI=1S/C12H15Cl2NO2/c13-10-2-1-8(5-11(10)14)9-6-15-3-4-17-12(9)7-16/h1-2,5,9,12,15-16H,3-4,6-7H2. The van der Waals surface area contributed by atoms with Gasteiger partial charge in [-0.05, 0) is 17.7 Å². The number of ether oxygens (including phenoxy) is 1. The molecule has 5 heteroatoms. The fraction of sp³-hybridized carbons (Fsp3) is 0.500. The molecular weight excluding hydrogens is 261 g/mol. The molecule has 1 fully saturated rings. The first-order valence-corrected chi connectivity index (χ1v) is 6.36. The van der Waals surface area contributed by atoms with Crippen LogP contribution in [0.5, 0.6) is 0 Å². The number of nitrogens with one attached hydrogen (secondary N) is 1. The van der Waals surface area contributed by atoms with Gasteiger partial charge in [0.2, 0.25) is 0 Å². The van der Waals surface area contributed by atoms with E-state index >= 15 is 0 Å². The van der Waals surface area contributed by atoms with Crippen molar-refractivity contribution in [3.05, 3.63) is 33.8 Å². The van der Waals surface area contributed by atoms with Gasteiger partial charge in [0.1, 0.15) is 0 Å². The van der Waals surface area contributed by atoms with E-state index in [1.807, 2.05) is 12.1 Å². The maximum Gasteiger partial charge on any atom is 0.0886 e. The van der Waals surface area contributed by atoms with Crippen LogP contribution in [0.4, 0.5) is 0 Å². The molecule has 1 aliphatic heterocycles. The topological polar surface area (TPSA) is 41.5 Å². The summed E-state index contributed by atoms with van der Waals surface area (Å²) < 4.78 is 5.60. The zero-order valence-electron chi connectivity index (χ0n) is 9.33. The van der Waals surface area contributed by atoms with Gasteiger partial charge in [-0.3, -0.25) is 0 Å². The Morgan fingerprint density at radius 2 is 2.18 bits per heavy atom. The minimum absolute atomic E-state index is 0.00654. The van der Waals surface area contributed by atoms with Crippen molar-refractivity contribution >= 4 is 23.2 Å². The number of benzene rings is 1. The summed E-state index contributed by atoms with van der Waals surface area (Å²) in [5.41, 5.74) is 1.04. The largest absolute Gasteiger partial charge is 0.394 e. The van der Waals surface area contributed by atoms with Crippen LogP contribution in [-0.2, 0) is 4.74 Å². The zero-order valence-corrected chi connectivity index (χ0v) is 10.8. The summed E-state index contributed by atoms with van der Waals surface area (Å²) in [6.45, 7) is 2.19. The van der Waals surface area contributed by atoms with Gasteiger partial charge in [0.25, 0.3) is 0 Å². The molecule has 0 aliphatic carbocycles. The molecule has 2 atom stereocenters. The Labute approximate surface area is 111 Å². The molecule has 1 saturated heterocycles. The maximum absolute atomic E-state index is 9.36. The number of hydrogen-bond acceptors (Lipinski definition) is 3. The van der Waals surface area contributed by atoms with Gasteiger partial charge in [0.15, 0.2) is 0 Å². The van der Waals surface area contributed by atoms with Crippen molar-refractivity contribution in [2.45, 2.75) is 12.0 Å². The van der Waals surface area contributed by atoms with Gasteiger partial charge in [0, 0.05) is 19.0 Å². The van der Waals surface area contributed by atoms with E-state index in [1.54, 1.807) is 6.07 Å². The Morgan fingerprint density at radius 3 is 2.88 bits per heavy atom. The van der Waals surface area contributed by atoms with Gasteiger partial charge in [-0.25, -0.2) is 0 Å². The van der Waals surface area contributed by atoms with Gasteiger partial charge in [-0.1, -0.05) is 29.3 Å². The molecule has 0 bridgehead atoms. The predicted octanol–water partition coefficient (Wildman–Crippen LogP) is 2.06. The molecule has 3 nitrogen and oxygen atoms in total. The van der Waals surface area contributed by atoms with Gasteiger partial charge < -0.3 is 15.2 Å². The molecule has 2 rings (SSSR count). The zero-order chi connectivity index (χ0) is 12.3. The maximum atomic E-state index is 9.36. The minimum atomic E-state index is -0.192. The molecule has 0 saturated carbocycles. The number of halogens is 2. The Balaban J connectivity index is 2.25.